The number of hydrogen-bond donors (Lipinski definition) is 3. The number of aromatic amines is 1. The highest BCUT2D eigenvalue weighted by Crippen LogP contribution is 2.23. The predicted molar refractivity (Wildman–Crippen MR) is 108 cm³/mol. The van der Waals surface area contributed by atoms with Crippen LogP contribution in [-0.2, 0) is 19.1 Å². The Morgan fingerprint density at radius 1 is 1.17 bits per heavy atom. The van der Waals surface area contributed by atoms with Gasteiger partial charge in [-0.05, 0) is 17.5 Å². The van der Waals surface area contributed by atoms with Crippen LogP contribution in [0, 0.1) is 0 Å². The number of methoxy groups -OCH3 is 1. The minimum atomic E-state index is -0.657. The summed E-state index contributed by atoms with van der Waals surface area (Å²) in [6, 6.07) is 8.72. The highest BCUT2D eigenvalue weighted by molar-refractivity contribution is 7.12. The van der Waals surface area contributed by atoms with E-state index < -0.39 is 30.4 Å². The SMILES string of the molecule is COC(=O)c1sccc1NC(=O)COC(=O)CCNC(=O)c1n[nH]c2ccccc12. The van der Waals surface area contributed by atoms with Gasteiger partial charge in [0, 0.05) is 11.9 Å². The van der Waals surface area contributed by atoms with Crippen LogP contribution in [0.2, 0.25) is 0 Å². The standard InChI is InChI=1S/C19H18N4O6S/c1-28-19(27)17-13(7-9-30-17)21-14(24)10-29-15(25)6-8-20-18(26)16-11-4-2-3-5-12(11)22-23-16/h2-5,7,9H,6,8,10H2,1H3,(H,20,26)(H,21,24)(H,22,23). The highest BCUT2D eigenvalue weighted by atomic mass is 32.1. The quantitative estimate of drug-likeness (QED) is 0.462. The van der Waals surface area contributed by atoms with Crippen molar-refractivity contribution >= 4 is 51.7 Å². The van der Waals surface area contributed by atoms with Crippen LogP contribution in [-0.4, -0.2) is 54.2 Å². The summed E-state index contributed by atoms with van der Waals surface area (Å²) in [5, 5.41) is 14.1. The average molecular weight is 430 g/mol. The van der Waals surface area contributed by atoms with Crippen LogP contribution in [0.1, 0.15) is 26.6 Å². The van der Waals surface area contributed by atoms with E-state index in [4.69, 9.17) is 4.74 Å². The van der Waals surface area contributed by atoms with Gasteiger partial charge in [-0.2, -0.15) is 5.10 Å². The molecule has 0 saturated carbocycles. The molecule has 2 amide bonds. The van der Waals surface area contributed by atoms with Crippen molar-refractivity contribution in [1.82, 2.24) is 15.5 Å². The molecule has 2 heterocycles. The van der Waals surface area contributed by atoms with E-state index in [-0.39, 0.29) is 29.2 Å². The van der Waals surface area contributed by atoms with Crippen LogP contribution < -0.4 is 10.6 Å². The van der Waals surface area contributed by atoms with Gasteiger partial charge in [0.05, 0.1) is 24.7 Å². The molecule has 0 aliphatic carbocycles. The summed E-state index contributed by atoms with van der Waals surface area (Å²) in [5.74, 6) is -2.25. The zero-order chi connectivity index (χ0) is 21.5. The molecule has 156 valence electrons. The van der Waals surface area contributed by atoms with E-state index in [1.54, 1.807) is 29.6 Å². The summed E-state index contributed by atoms with van der Waals surface area (Å²) >= 11 is 1.12. The highest BCUT2D eigenvalue weighted by Gasteiger charge is 2.17. The molecule has 3 N–H and O–H groups in total. The summed E-state index contributed by atoms with van der Waals surface area (Å²) in [6.45, 7) is -0.495. The lowest BCUT2D eigenvalue weighted by atomic mass is 10.2. The molecule has 30 heavy (non-hydrogen) atoms. The third-order valence-electron chi connectivity index (χ3n) is 3.97. The van der Waals surface area contributed by atoms with Gasteiger partial charge in [0.1, 0.15) is 4.88 Å². The molecule has 2 aromatic heterocycles. The Labute approximate surface area is 174 Å². The van der Waals surface area contributed by atoms with Crippen LogP contribution >= 0.6 is 11.3 Å². The molecular formula is C19H18N4O6S. The fourth-order valence-corrected chi connectivity index (χ4v) is 3.33. The number of fused-ring (bicyclic) bond motifs is 1. The van der Waals surface area contributed by atoms with Gasteiger partial charge in [-0.1, -0.05) is 18.2 Å². The molecule has 0 fully saturated rings. The van der Waals surface area contributed by atoms with Gasteiger partial charge in [0.25, 0.3) is 11.8 Å². The van der Waals surface area contributed by atoms with Gasteiger partial charge in [-0.15, -0.1) is 11.3 Å². The molecule has 11 heteroatoms. The second-order valence-corrected chi connectivity index (χ2v) is 6.90. The smallest absolute Gasteiger partial charge is 0.350 e. The number of nitrogens with zero attached hydrogens (tertiary/aromatic N) is 1. The summed E-state index contributed by atoms with van der Waals surface area (Å²) in [7, 11) is 1.24. The number of rotatable bonds is 8. The summed E-state index contributed by atoms with van der Waals surface area (Å²) in [5.41, 5.74) is 1.25. The number of carbonyl (C=O) groups excluding carboxylic acids is 4. The number of aromatic nitrogens is 2. The summed E-state index contributed by atoms with van der Waals surface area (Å²) in [4.78, 5) is 47.8. The number of anilines is 1. The molecule has 0 spiro atoms. The lowest BCUT2D eigenvalue weighted by Gasteiger charge is -2.07. The second-order valence-electron chi connectivity index (χ2n) is 5.99. The maximum Gasteiger partial charge on any atom is 0.350 e. The normalized spacial score (nSPS) is 10.4. The first-order chi connectivity index (χ1) is 14.5. The van der Waals surface area contributed by atoms with Crippen LogP contribution in [0.15, 0.2) is 35.7 Å². The Morgan fingerprint density at radius 2 is 1.97 bits per heavy atom. The van der Waals surface area contributed by atoms with Crippen LogP contribution in [0.3, 0.4) is 0 Å². The molecule has 0 saturated heterocycles. The number of amides is 2. The van der Waals surface area contributed by atoms with Crippen molar-refractivity contribution in [3.8, 4) is 0 Å². The van der Waals surface area contributed by atoms with Crippen molar-refractivity contribution in [3.63, 3.8) is 0 Å². The second kappa shape index (κ2) is 9.65. The van der Waals surface area contributed by atoms with E-state index in [1.165, 1.54) is 7.11 Å². The zero-order valence-electron chi connectivity index (χ0n) is 15.9. The fraction of sp³-hybridized carbons (Fsp3) is 0.211. The van der Waals surface area contributed by atoms with Gasteiger partial charge in [0.2, 0.25) is 0 Å². The van der Waals surface area contributed by atoms with E-state index in [9.17, 15) is 19.2 Å². The van der Waals surface area contributed by atoms with Gasteiger partial charge in [-0.3, -0.25) is 19.5 Å². The Hall–Kier alpha value is -3.73. The molecule has 0 atom stereocenters. The van der Waals surface area contributed by atoms with Crippen LogP contribution in [0.25, 0.3) is 10.9 Å². The number of carbonyl (C=O) groups is 4. The van der Waals surface area contributed by atoms with E-state index in [0.717, 1.165) is 16.9 Å². The van der Waals surface area contributed by atoms with Crippen molar-refractivity contribution < 1.29 is 28.7 Å². The lowest BCUT2D eigenvalue weighted by molar-refractivity contribution is -0.147. The minimum absolute atomic E-state index is 0.0253. The van der Waals surface area contributed by atoms with Crippen molar-refractivity contribution in [3.05, 3.63) is 46.3 Å². The number of nitrogens with one attached hydrogen (secondary N) is 3. The number of benzene rings is 1. The lowest BCUT2D eigenvalue weighted by Crippen LogP contribution is -2.28. The first-order valence-electron chi connectivity index (χ1n) is 8.82. The summed E-state index contributed by atoms with van der Waals surface area (Å²) in [6.07, 6.45) is -0.118. The topological polar surface area (TPSA) is 139 Å². The van der Waals surface area contributed by atoms with E-state index >= 15 is 0 Å². The fourth-order valence-electron chi connectivity index (χ4n) is 2.56. The third-order valence-corrected chi connectivity index (χ3v) is 4.87. The van der Waals surface area contributed by atoms with Crippen molar-refractivity contribution in [1.29, 1.82) is 0 Å². The monoisotopic (exact) mass is 430 g/mol. The number of H-pyrrole nitrogens is 1. The molecule has 0 aliphatic rings. The first-order valence-corrected chi connectivity index (χ1v) is 9.70. The minimum Gasteiger partial charge on any atom is -0.465 e. The summed E-state index contributed by atoms with van der Waals surface area (Å²) < 4.78 is 9.51. The Kier molecular flexibility index (Phi) is 6.75. The molecular weight excluding hydrogens is 412 g/mol. The number of thiophene rings is 1. The van der Waals surface area contributed by atoms with E-state index in [1.807, 2.05) is 6.07 Å². The van der Waals surface area contributed by atoms with Crippen LogP contribution in [0.4, 0.5) is 5.69 Å². The molecule has 1 aromatic carbocycles. The molecule has 3 rings (SSSR count). The van der Waals surface area contributed by atoms with Gasteiger partial charge in [0.15, 0.2) is 12.3 Å². The number of ether oxygens (including phenoxy) is 2. The predicted octanol–water partition coefficient (Wildman–Crippen LogP) is 1.71. The van der Waals surface area contributed by atoms with Crippen LogP contribution in [0.5, 0.6) is 0 Å². The number of esters is 2. The van der Waals surface area contributed by atoms with Crippen molar-refractivity contribution in [2.24, 2.45) is 0 Å². The van der Waals surface area contributed by atoms with Crippen molar-refractivity contribution in [2.45, 2.75) is 6.42 Å². The molecule has 3 aromatic rings. The number of hydrogen-bond acceptors (Lipinski definition) is 8. The zero-order valence-corrected chi connectivity index (χ0v) is 16.7. The maximum absolute atomic E-state index is 12.2. The maximum atomic E-state index is 12.2. The Balaban J connectivity index is 1.41. The van der Waals surface area contributed by atoms with E-state index in [2.05, 4.69) is 25.6 Å². The largest absolute Gasteiger partial charge is 0.465 e. The molecule has 0 radical (unpaired) electrons. The van der Waals surface area contributed by atoms with Gasteiger partial charge >= 0.3 is 11.9 Å². The third kappa shape index (κ3) is 5.00. The Morgan fingerprint density at radius 3 is 2.77 bits per heavy atom. The number of para-hydroxylation sites is 1. The average Bonchev–Trinajstić information content (AvgIpc) is 3.38. The molecule has 10 nitrogen and oxygen atoms in total. The molecule has 0 aliphatic heterocycles. The Bertz CT molecular complexity index is 1090. The molecule has 0 unspecified atom stereocenters. The molecule has 0 bridgehead atoms. The van der Waals surface area contributed by atoms with Gasteiger partial charge in [-0.25, -0.2) is 4.79 Å². The van der Waals surface area contributed by atoms with Gasteiger partial charge < -0.3 is 20.1 Å². The van der Waals surface area contributed by atoms with E-state index in [0.29, 0.717) is 5.39 Å². The first kappa shape index (κ1) is 21.0. The van der Waals surface area contributed by atoms with Crippen molar-refractivity contribution in [2.75, 3.05) is 25.6 Å².